The molecule has 0 amide bonds. The molecular weight excluding hydrogens is 347 g/mol. The number of hydrogen-bond acceptors (Lipinski definition) is 6. The molecule has 0 radical (unpaired) electrons. The van der Waals surface area contributed by atoms with Gasteiger partial charge in [-0.2, -0.15) is 0 Å². The highest BCUT2D eigenvalue weighted by atomic mass is 19.1. The molecular formula is C19H21FN6O. The van der Waals surface area contributed by atoms with E-state index in [0.717, 1.165) is 30.8 Å². The van der Waals surface area contributed by atoms with Crippen LogP contribution in [0.4, 0.5) is 16.0 Å². The van der Waals surface area contributed by atoms with Crippen LogP contribution in [0.25, 0.3) is 5.69 Å². The fraction of sp³-hybridized carbons (Fsp3) is 0.316. The topological polar surface area (TPSA) is 79.1 Å². The lowest BCUT2D eigenvalue weighted by molar-refractivity contribution is 0.266. The highest BCUT2D eigenvalue weighted by Crippen LogP contribution is 2.25. The molecule has 1 fully saturated rings. The van der Waals surface area contributed by atoms with E-state index >= 15 is 0 Å². The molecule has 1 aromatic carbocycles. The van der Waals surface area contributed by atoms with Gasteiger partial charge in [-0.25, -0.2) is 19.3 Å². The molecule has 2 aromatic heterocycles. The molecule has 8 heteroatoms. The van der Waals surface area contributed by atoms with Crippen molar-refractivity contribution in [1.29, 1.82) is 0 Å². The summed E-state index contributed by atoms with van der Waals surface area (Å²) in [5, 5.41) is 12.7. The van der Waals surface area contributed by atoms with Gasteiger partial charge in [0, 0.05) is 31.5 Å². The monoisotopic (exact) mass is 368 g/mol. The van der Waals surface area contributed by atoms with Crippen molar-refractivity contribution in [1.82, 2.24) is 19.5 Å². The summed E-state index contributed by atoms with van der Waals surface area (Å²) >= 11 is 0. The highest BCUT2D eigenvalue weighted by Gasteiger charge is 2.25. The SMILES string of the molecule is OCC1CCCN1c1cc(NCc2ccc(-n3ccnc3)c(F)c2)ncn1. The summed E-state index contributed by atoms with van der Waals surface area (Å²) in [5.41, 5.74) is 1.27. The van der Waals surface area contributed by atoms with Crippen molar-refractivity contribution in [3.05, 3.63) is 60.7 Å². The summed E-state index contributed by atoms with van der Waals surface area (Å²) in [6.07, 6.45) is 8.40. The Hall–Kier alpha value is -3.00. The molecule has 7 nitrogen and oxygen atoms in total. The van der Waals surface area contributed by atoms with Crippen LogP contribution in [0.5, 0.6) is 0 Å². The Bertz CT molecular complexity index is 901. The Labute approximate surface area is 156 Å². The third kappa shape index (κ3) is 3.75. The molecule has 1 saturated heterocycles. The number of aliphatic hydroxyl groups excluding tert-OH is 1. The Morgan fingerprint density at radius 3 is 2.96 bits per heavy atom. The van der Waals surface area contributed by atoms with Gasteiger partial charge in [0.05, 0.1) is 24.7 Å². The predicted molar refractivity (Wildman–Crippen MR) is 100 cm³/mol. The number of aliphatic hydroxyl groups is 1. The largest absolute Gasteiger partial charge is 0.394 e. The average Bonchev–Trinajstić information content (AvgIpc) is 3.38. The smallest absolute Gasteiger partial charge is 0.147 e. The van der Waals surface area contributed by atoms with Gasteiger partial charge in [-0.3, -0.25) is 0 Å². The number of nitrogens with one attached hydrogen (secondary N) is 1. The van der Waals surface area contributed by atoms with E-state index in [1.54, 1.807) is 29.4 Å². The first-order valence-electron chi connectivity index (χ1n) is 8.95. The van der Waals surface area contributed by atoms with Crippen LogP contribution in [-0.2, 0) is 6.54 Å². The Kier molecular flexibility index (Phi) is 4.97. The molecule has 4 rings (SSSR count). The van der Waals surface area contributed by atoms with Gasteiger partial charge in [-0.1, -0.05) is 6.07 Å². The standard InChI is InChI=1S/C19H21FN6O/c20-16-8-14(3-4-17(16)25-7-5-21-13-25)10-22-18-9-19(24-12-23-18)26-6-1-2-15(26)11-27/h3-5,7-9,12-13,15,27H,1-2,6,10-11H2,(H,22,23,24). The molecule has 0 spiro atoms. The highest BCUT2D eigenvalue weighted by molar-refractivity contribution is 5.50. The first kappa shape index (κ1) is 17.4. The number of anilines is 2. The molecule has 1 aliphatic heterocycles. The van der Waals surface area contributed by atoms with Crippen molar-refractivity contribution >= 4 is 11.6 Å². The first-order valence-corrected chi connectivity index (χ1v) is 8.95. The van der Waals surface area contributed by atoms with Crippen LogP contribution in [0.3, 0.4) is 0 Å². The summed E-state index contributed by atoms with van der Waals surface area (Å²) in [6, 6.07) is 7.08. The van der Waals surface area contributed by atoms with Crippen LogP contribution in [0, 0.1) is 5.82 Å². The molecule has 140 valence electrons. The number of nitrogens with zero attached hydrogens (tertiary/aromatic N) is 5. The van der Waals surface area contributed by atoms with Crippen molar-refractivity contribution in [2.24, 2.45) is 0 Å². The normalized spacial score (nSPS) is 16.7. The van der Waals surface area contributed by atoms with Crippen molar-refractivity contribution in [3.8, 4) is 5.69 Å². The quantitative estimate of drug-likeness (QED) is 0.695. The van der Waals surface area contributed by atoms with Gasteiger partial charge in [-0.15, -0.1) is 0 Å². The van der Waals surface area contributed by atoms with E-state index in [2.05, 4.69) is 25.2 Å². The van der Waals surface area contributed by atoms with Crippen LogP contribution in [0.15, 0.2) is 49.3 Å². The zero-order chi connectivity index (χ0) is 18.6. The van der Waals surface area contributed by atoms with Gasteiger partial charge in [0.2, 0.25) is 0 Å². The number of aromatic nitrogens is 4. The second kappa shape index (κ2) is 7.71. The molecule has 27 heavy (non-hydrogen) atoms. The van der Waals surface area contributed by atoms with E-state index in [4.69, 9.17) is 0 Å². The van der Waals surface area contributed by atoms with Gasteiger partial charge >= 0.3 is 0 Å². The third-order valence-electron chi connectivity index (χ3n) is 4.80. The lowest BCUT2D eigenvalue weighted by Gasteiger charge is -2.24. The lowest BCUT2D eigenvalue weighted by atomic mass is 10.2. The van der Waals surface area contributed by atoms with Crippen LogP contribution >= 0.6 is 0 Å². The number of benzene rings is 1. The first-order chi connectivity index (χ1) is 13.2. The Balaban J connectivity index is 1.45. The molecule has 1 atom stereocenters. The van der Waals surface area contributed by atoms with Gasteiger partial charge in [0.1, 0.15) is 23.8 Å². The molecule has 1 aliphatic rings. The maximum absolute atomic E-state index is 14.4. The molecule has 3 heterocycles. The Morgan fingerprint density at radius 2 is 2.19 bits per heavy atom. The molecule has 1 unspecified atom stereocenters. The van der Waals surface area contributed by atoms with Crippen molar-refractivity contribution < 1.29 is 9.50 Å². The van der Waals surface area contributed by atoms with E-state index < -0.39 is 0 Å². The van der Waals surface area contributed by atoms with Crippen LogP contribution in [0.1, 0.15) is 18.4 Å². The maximum atomic E-state index is 14.4. The fourth-order valence-electron chi connectivity index (χ4n) is 3.39. The molecule has 0 saturated carbocycles. The predicted octanol–water partition coefficient (Wildman–Crippen LogP) is 2.37. The molecule has 0 aliphatic carbocycles. The number of hydrogen-bond donors (Lipinski definition) is 2. The molecule has 0 bridgehead atoms. The van der Waals surface area contributed by atoms with E-state index in [1.807, 2.05) is 12.1 Å². The minimum absolute atomic E-state index is 0.109. The van der Waals surface area contributed by atoms with Crippen molar-refractivity contribution in [2.75, 3.05) is 23.4 Å². The van der Waals surface area contributed by atoms with E-state index in [0.29, 0.717) is 18.1 Å². The second-order valence-electron chi connectivity index (χ2n) is 6.54. The lowest BCUT2D eigenvalue weighted by Crippen LogP contribution is -2.32. The van der Waals surface area contributed by atoms with Crippen molar-refractivity contribution in [3.63, 3.8) is 0 Å². The van der Waals surface area contributed by atoms with E-state index in [9.17, 15) is 9.50 Å². The van der Waals surface area contributed by atoms with E-state index in [-0.39, 0.29) is 18.5 Å². The third-order valence-corrected chi connectivity index (χ3v) is 4.80. The van der Waals surface area contributed by atoms with Crippen LogP contribution in [-0.4, -0.2) is 43.8 Å². The number of imidazole rings is 1. The summed E-state index contributed by atoms with van der Waals surface area (Å²) in [7, 11) is 0. The van der Waals surface area contributed by atoms with E-state index in [1.165, 1.54) is 12.4 Å². The minimum Gasteiger partial charge on any atom is -0.394 e. The molecule has 3 aromatic rings. The van der Waals surface area contributed by atoms with Gasteiger partial charge < -0.3 is 19.9 Å². The summed E-state index contributed by atoms with van der Waals surface area (Å²) in [6.45, 7) is 1.44. The second-order valence-corrected chi connectivity index (χ2v) is 6.54. The zero-order valence-electron chi connectivity index (χ0n) is 14.8. The van der Waals surface area contributed by atoms with Gasteiger partial charge in [0.15, 0.2) is 0 Å². The minimum atomic E-state index is -0.307. The summed E-state index contributed by atoms with van der Waals surface area (Å²) in [4.78, 5) is 14.6. The Morgan fingerprint density at radius 1 is 1.26 bits per heavy atom. The average molecular weight is 368 g/mol. The number of halogens is 1. The number of rotatable bonds is 6. The van der Waals surface area contributed by atoms with Gasteiger partial charge in [0.25, 0.3) is 0 Å². The fourth-order valence-corrected chi connectivity index (χ4v) is 3.39. The summed E-state index contributed by atoms with van der Waals surface area (Å²) in [5.74, 6) is 1.16. The van der Waals surface area contributed by atoms with Crippen LogP contribution < -0.4 is 10.2 Å². The molecule has 2 N–H and O–H groups in total. The summed E-state index contributed by atoms with van der Waals surface area (Å²) < 4.78 is 16.0. The zero-order valence-corrected chi connectivity index (χ0v) is 14.8. The van der Waals surface area contributed by atoms with Crippen LogP contribution in [0.2, 0.25) is 0 Å². The maximum Gasteiger partial charge on any atom is 0.147 e. The van der Waals surface area contributed by atoms with Crippen molar-refractivity contribution in [2.45, 2.75) is 25.4 Å². The van der Waals surface area contributed by atoms with Gasteiger partial charge in [-0.05, 0) is 30.5 Å².